The molecule has 2 aliphatic carbocycles. The van der Waals surface area contributed by atoms with Crippen molar-refractivity contribution in [3.63, 3.8) is 0 Å². The van der Waals surface area contributed by atoms with E-state index in [4.69, 9.17) is 28.4 Å². The minimum atomic E-state index is -5.40. The number of nitrogens with one attached hydrogen (secondary N) is 2. The number of hydrogen-bond donors (Lipinski definition) is 9. The highest BCUT2D eigenvalue weighted by atomic mass is 32.3. The van der Waals surface area contributed by atoms with Gasteiger partial charge in [-0.25, -0.2) is 8.37 Å². The van der Waals surface area contributed by atoms with Gasteiger partial charge in [-0.15, -0.1) is 0 Å². The maximum absolute atomic E-state index is 14.1. The third-order valence-electron chi connectivity index (χ3n) is 13.9. The molecule has 5 rings (SSSR count). The first kappa shape index (κ1) is 59.3. The fourth-order valence-electron chi connectivity index (χ4n) is 10.0. The number of nitrogens with zero attached hydrogens (tertiary/aromatic N) is 1. The van der Waals surface area contributed by atoms with Crippen molar-refractivity contribution in [2.75, 3.05) is 40.0 Å². The third-order valence-corrected chi connectivity index (χ3v) is 14.8. The molecule has 5 fully saturated rings. The molecule has 0 aromatic heterocycles. The number of hydrogen-bond acceptors (Lipinski definition) is 21. The van der Waals surface area contributed by atoms with Gasteiger partial charge in [0.1, 0.15) is 60.7 Å². The van der Waals surface area contributed by atoms with Gasteiger partial charge in [0.25, 0.3) is 11.8 Å². The summed E-state index contributed by atoms with van der Waals surface area (Å²) in [6.45, 7) is 3.66. The number of ether oxygens (including phenoxy) is 6. The number of carbonyl (C=O) groups excluding carboxylic acids is 4. The van der Waals surface area contributed by atoms with Crippen LogP contribution in [0.4, 0.5) is 0 Å². The summed E-state index contributed by atoms with van der Waals surface area (Å²) < 4.78 is 110. The first-order valence-corrected chi connectivity index (χ1v) is 26.9. The molecule has 0 radical (unpaired) electrons. The Morgan fingerprint density at radius 3 is 2.08 bits per heavy atom. The van der Waals surface area contributed by atoms with E-state index in [1.807, 2.05) is 0 Å². The molecule has 71 heavy (non-hydrogen) atoms. The fourth-order valence-corrected chi connectivity index (χ4v) is 11.0. The molecule has 17 atom stereocenters. The predicted octanol–water partition coefficient (Wildman–Crippen LogP) is -1.95. The Kier molecular flexibility index (Phi) is 22.3. The summed E-state index contributed by atoms with van der Waals surface area (Å²) in [6.07, 6.45) is -14.9. The number of rotatable bonds is 25. The Hall–Kier alpha value is -2.62. The zero-order valence-electron chi connectivity index (χ0n) is 40.3. The van der Waals surface area contributed by atoms with Crippen LogP contribution in [-0.2, 0) is 76.8 Å². The Morgan fingerprint density at radius 1 is 0.831 bits per heavy atom. The van der Waals surface area contributed by atoms with Crippen LogP contribution >= 0.6 is 0 Å². The van der Waals surface area contributed by atoms with E-state index in [-0.39, 0.29) is 49.8 Å². The van der Waals surface area contributed by atoms with Crippen molar-refractivity contribution in [3.8, 4) is 0 Å². The maximum Gasteiger partial charge on any atom is 0.398 e. The predicted molar refractivity (Wildman–Crippen MR) is 241 cm³/mol. The van der Waals surface area contributed by atoms with Crippen LogP contribution in [0.2, 0.25) is 0 Å². The molecule has 3 amide bonds. The van der Waals surface area contributed by atoms with Crippen LogP contribution in [0.5, 0.6) is 0 Å². The second-order valence-corrected chi connectivity index (χ2v) is 21.2. The van der Waals surface area contributed by atoms with Crippen molar-refractivity contribution in [1.29, 1.82) is 0 Å². The first-order valence-electron chi connectivity index (χ1n) is 24.2. The van der Waals surface area contributed by atoms with Gasteiger partial charge in [-0.3, -0.25) is 28.3 Å². The first-order chi connectivity index (χ1) is 33.4. The number of likely N-dealkylation sites (tertiary alicyclic amines) is 1. The third kappa shape index (κ3) is 16.7. The molecule has 2 saturated carbocycles. The van der Waals surface area contributed by atoms with Crippen molar-refractivity contribution in [2.24, 2.45) is 17.8 Å². The number of methoxy groups -OCH3 is 1. The number of amides is 3. The maximum atomic E-state index is 14.1. The van der Waals surface area contributed by atoms with E-state index in [0.29, 0.717) is 25.9 Å². The molecule has 26 nitrogen and oxygen atoms in total. The summed E-state index contributed by atoms with van der Waals surface area (Å²) >= 11 is 0. The lowest BCUT2D eigenvalue weighted by molar-refractivity contribution is -0.338. The van der Waals surface area contributed by atoms with Crippen molar-refractivity contribution in [1.82, 2.24) is 15.5 Å². The lowest BCUT2D eigenvalue weighted by Crippen LogP contribution is -2.67. The molecule has 3 aliphatic heterocycles. The molecule has 0 aromatic rings. The smallest absolute Gasteiger partial charge is 0.394 e. The number of ketones is 1. The average Bonchev–Trinajstić information content (AvgIpc) is 3.28. The second kappa shape index (κ2) is 26.7. The van der Waals surface area contributed by atoms with Gasteiger partial charge >= 0.3 is 20.8 Å². The Labute approximate surface area is 413 Å². The van der Waals surface area contributed by atoms with Crippen LogP contribution in [0.25, 0.3) is 0 Å². The largest absolute Gasteiger partial charge is 0.398 e. The summed E-state index contributed by atoms with van der Waals surface area (Å²) in [4.78, 5) is 55.8. The lowest BCUT2D eigenvalue weighted by Gasteiger charge is -2.49. The van der Waals surface area contributed by atoms with Crippen molar-refractivity contribution in [3.05, 3.63) is 0 Å². The molecule has 9 N–H and O–H groups in total. The van der Waals surface area contributed by atoms with Crippen LogP contribution in [-0.4, -0.2) is 212 Å². The molecule has 0 aromatic carbocycles. The molecule has 3 saturated heterocycles. The molecule has 6 unspecified atom stereocenters. The SMILES string of the molecule is CC[C@@H]1CC(C(=O)CCCNC(=O)[C@H](OS(=O)(=O)O)[C@H](COC)OS(=O)(=O)O)C[C@@H](O[C@@H]2O[C@@H](CO)[C@H](O)C(O[C@@H](CC3CCCCC3)C(=O)N3CCC3)C2NC(C)=O)C1O[C@@H]1OC(C)[C@@H](O)[C@H](O)C1O. The van der Waals surface area contributed by atoms with Crippen LogP contribution < -0.4 is 10.6 Å². The minimum Gasteiger partial charge on any atom is -0.394 e. The fraction of sp³-hybridized carbons (Fsp3) is 0.907. The molecule has 0 bridgehead atoms. The van der Waals surface area contributed by atoms with E-state index >= 15 is 0 Å². The summed E-state index contributed by atoms with van der Waals surface area (Å²) in [5.74, 6) is -3.75. The summed E-state index contributed by atoms with van der Waals surface area (Å²) in [5, 5.41) is 59.5. The van der Waals surface area contributed by atoms with Gasteiger partial charge in [0.05, 0.1) is 31.5 Å². The number of aliphatic hydroxyl groups excluding tert-OH is 5. The zero-order valence-corrected chi connectivity index (χ0v) is 42.0. The Bertz CT molecular complexity index is 1980. The second-order valence-electron chi connectivity index (χ2n) is 19.1. The molecule has 0 spiro atoms. The van der Waals surface area contributed by atoms with Crippen LogP contribution in [0.3, 0.4) is 0 Å². The van der Waals surface area contributed by atoms with E-state index in [1.54, 1.807) is 11.8 Å². The van der Waals surface area contributed by atoms with E-state index in [0.717, 1.165) is 45.6 Å². The quantitative estimate of drug-likeness (QED) is 0.0354. The van der Waals surface area contributed by atoms with E-state index < -0.39 is 150 Å². The van der Waals surface area contributed by atoms with Gasteiger partial charge in [-0.2, -0.15) is 16.8 Å². The number of carbonyl (C=O) groups is 4. The Morgan fingerprint density at radius 2 is 1.51 bits per heavy atom. The highest BCUT2D eigenvalue weighted by Gasteiger charge is 2.53. The highest BCUT2D eigenvalue weighted by Crippen LogP contribution is 2.41. The zero-order chi connectivity index (χ0) is 52.4. The van der Waals surface area contributed by atoms with Gasteiger partial charge in [0, 0.05) is 46.0 Å². The van der Waals surface area contributed by atoms with Gasteiger partial charge in [0.15, 0.2) is 18.7 Å². The molecular weight excluding hydrogens is 991 g/mol. The van der Waals surface area contributed by atoms with E-state index in [9.17, 15) is 70.7 Å². The number of aliphatic hydroxyl groups is 5. The normalized spacial score (nSPS) is 34.4. The van der Waals surface area contributed by atoms with Crippen LogP contribution in [0, 0.1) is 17.8 Å². The summed E-state index contributed by atoms with van der Waals surface area (Å²) in [7, 11) is -9.66. The van der Waals surface area contributed by atoms with Gasteiger partial charge in [0.2, 0.25) is 5.91 Å². The summed E-state index contributed by atoms with van der Waals surface area (Å²) in [6, 6.07) is -1.32. The van der Waals surface area contributed by atoms with Crippen LogP contribution in [0.1, 0.15) is 97.8 Å². The van der Waals surface area contributed by atoms with Crippen molar-refractivity contribution in [2.45, 2.75) is 190 Å². The van der Waals surface area contributed by atoms with Crippen LogP contribution in [0.15, 0.2) is 0 Å². The lowest BCUT2D eigenvalue weighted by atomic mass is 9.74. The average molecular weight is 1060 g/mol. The van der Waals surface area contributed by atoms with Gasteiger partial charge < -0.3 is 69.5 Å². The molecule has 3 heterocycles. The molecule has 28 heteroatoms. The topological polar surface area (TPSA) is 379 Å². The molecule has 410 valence electrons. The standard InChI is InChI=1S/C43H73N3O23S2/c1-5-25-18-26(27(49)13-9-14-44-40(54)38(69-71(59,60)61)31(21-62-4)68-70(56,57)58)19-28(37(25)67-43-36(53)35(52)33(50)22(2)63-43)65-42-32(45-23(3)48)39(34(51)30(20-47)66-42)64-29(41(55)46-15-10-16-46)17-24-11-7-6-8-12-24/h22,24-26,28-39,42-43,47,50-53H,5-21H2,1-4H3,(H,44,54)(H,45,48)(H,56,57,58)(H,59,60,61)/t22?,25-,26?,28-,29+,30+,31+,32?,33-,34+,35+,36?,37?,38-,39?,42-,43+/m1/s1. The Balaban J connectivity index is 1.40. The highest BCUT2D eigenvalue weighted by molar-refractivity contribution is 7.81. The van der Waals surface area contributed by atoms with Gasteiger partial charge in [-0.05, 0) is 50.9 Å². The van der Waals surface area contributed by atoms with Crippen molar-refractivity contribution < 1.29 is 107 Å². The minimum absolute atomic E-state index is 0.0835. The monoisotopic (exact) mass is 1060 g/mol. The van der Waals surface area contributed by atoms with E-state index in [1.165, 1.54) is 13.8 Å². The molecule has 5 aliphatic rings. The number of Topliss-reactive ketones (excluding diaryl/α,β-unsaturated/α-hetero) is 1. The molecular formula is C43H73N3O23S2. The van der Waals surface area contributed by atoms with E-state index in [2.05, 4.69) is 19.0 Å². The summed E-state index contributed by atoms with van der Waals surface area (Å²) in [5.41, 5.74) is 0. The van der Waals surface area contributed by atoms with Crippen molar-refractivity contribution >= 4 is 44.3 Å². The van der Waals surface area contributed by atoms with Gasteiger partial charge in [-0.1, -0.05) is 45.4 Å².